The van der Waals surface area contributed by atoms with Gasteiger partial charge >= 0.3 is 0 Å². The van der Waals surface area contributed by atoms with E-state index in [0.29, 0.717) is 0 Å². The Morgan fingerprint density at radius 2 is 2.38 bits per heavy atom. The van der Waals surface area contributed by atoms with Gasteiger partial charge in [-0.25, -0.2) is 0 Å². The van der Waals surface area contributed by atoms with Gasteiger partial charge in [0.1, 0.15) is 5.75 Å². The minimum absolute atomic E-state index is 0.833. The quantitative estimate of drug-likeness (QED) is 0.819. The van der Waals surface area contributed by atoms with Gasteiger partial charge in [-0.2, -0.15) is 0 Å². The van der Waals surface area contributed by atoms with E-state index < -0.39 is 0 Å². The van der Waals surface area contributed by atoms with Gasteiger partial charge < -0.3 is 10.1 Å². The van der Waals surface area contributed by atoms with Crippen LogP contribution < -0.4 is 10.1 Å². The first-order valence-corrected chi connectivity index (χ1v) is 6.29. The van der Waals surface area contributed by atoms with Gasteiger partial charge in [0.25, 0.3) is 0 Å². The van der Waals surface area contributed by atoms with Crippen molar-refractivity contribution in [3.05, 3.63) is 28.8 Å². The van der Waals surface area contributed by atoms with Crippen molar-refractivity contribution >= 4 is 0 Å². The van der Waals surface area contributed by atoms with Crippen LogP contribution in [-0.2, 0) is 12.8 Å². The largest absolute Gasteiger partial charge is 0.493 e. The lowest BCUT2D eigenvalue weighted by Crippen LogP contribution is -2.10. The number of nitrogens with one attached hydrogen (secondary N) is 1. The summed E-state index contributed by atoms with van der Waals surface area (Å²) < 4.78 is 5.64. The summed E-state index contributed by atoms with van der Waals surface area (Å²) in [6.45, 7) is 5.41. The summed E-state index contributed by atoms with van der Waals surface area (Å²) in [6, 6.07) is 4.66. The molecule has 0 amide bonds. The number of ether oxygens (including phenoxy) is 1. The second-order valence-electron chi connectivity index (χ2n) is 5.06. The predicted molar refractivity (Wildman–Crippen MR) is 65.1 cm³/mol. The molecule has 2 nitrogen and oxygen atoms in total. The molecule has 1 aromatic carbocycles. The van der Waals surface area contributed by atoms with E-state index in [9.17, 15) is 0 Å². The van der Waals surface area contributed by atoms with Crippen LogP contribution in [0.15, 0.2) is 12.1 Å². The maximum Gasteiger partial charge on any atom is 0.125 e. The highest BCUT2D eigenvalue weighted by molar-refractivity contribution is 5.46. The van der Waals surface area contributed by atoms with Crippen LogP contribution in [0, 0.1) is 12.8 Å². The Bertz CT molecular complexity index is 394. The van der Waals surface area contributed by atoms with E-state index in [1.165, 1.54) is 42.6 Å². The van der Waals surface area contributed by atoms with Crippen molar-refractivity contribution in [2.24, 2.45) is 5.92 Å². The van der Waals surface area contributed by atoms with Crippen molar-refractivity contribution in [2.75, 3.05) is 19.7 Å². The van der Waals surface area contributed by atoms with Crippen molar-refractivity contribution in [3.63, 3.8) is 0 Å². The summed E-state index contributed by atoms with van der Waals surface area (Å²) in [5.41, 5.74) is 4.23. The molecular formula is C14H19NO. The summed E-state index contributed by atoms with van der Waals surface area (Å²) in [5, 5.41) is 3.43. The monoisotopic (exact) mass is 217 g/mol. The molecule has 0 radical (unpaired) electrons. The van der Waals surface area contributed by atoms with Gasteiger partial charge in [-0.05, 0) is 55.5 Å². The molecule has 1 atom stereocenters. The first-order valence-electron chi connectivity index (χ1n) is 6.29. The summed E-state index contributed by atoms with van der Waals surface area (Å²) in [5.74, 6) is 1.98. The molecule has 1 aromatic rings. The summed E-state index contributed by atoms with van der Waals surface area (Å²) in [4.78, 5) is 0. The topological polar surface area (TPSA) is 21.3 Å². The van der Waals surface area contributed by atoms with Crippen molar-refractivity contribution in [3.8, 4) is 5.75 Å². The number of rotatable bonds is 2. The number of fused-ring (bicyclic) bond motifs is 1. The van der Waals surface area contributed by atoms with Crippen LogP contribution in [0.5, 0.6) is 5.75 Å². The van der Waals surface area contributed by atoms with Crippen molar-refractivity contribution in [2.45, 2.75) is 26.2 Å². The maximum atomic E-state index is 5.64. The molecule has 0 bridgehead atoms. The Morgan fingerprint density at radius 1 is 1.44 bits per heavy atom. The maximum absolute atomic E-state index is 5.64. The fourth-order valence-electron chi connectivity index (χ4n) is 2.92. The third kappa shape index (κ3) is 1.82. The van der Waals surface area contributed by atoms with E-state index in [-0.39, 0.29) is 0 Å². The minimum atomic E-state index is 0.833. The Morgan fingerprint density at radius 3 is 3.19 bits per heavy atom. The molecule has 1 saturated heterocycles. The Labute approximate surface area is 97.0 Å². The molecule has 2 heteroatoms. The van der Waals surface area contributed by atoms with E-state index in [0.717, 1.165) is 24.7 Å². The molecule has 3 rings (SSSR count). The molecule has 2 aliphatic heterocycles. The fourth-order valence-corrected chi connectivity index (χ4v) is 2.92. The highest BCUT2D eigenvalue weighted by atomic mass is 16.5. The molecule has 1 unspecified atom stereocenters. The zero-order valence-corrected chi connectivity index (χ0v) is 9.88. The van der Waals surface area contributed by atoms with E-state index in [1.807, 2.05) is 0 Å². The van der Waals surface area contributed by atoms with Gasteiger partial charge in [0.05, 0.1) is 6.61 Å². The van der Waals surface area contributed by atoms with Crippen LogP contribution in [0.3, 0.4) is 0 Å². The van der Waals surface area contributed by atoms with E-state index in [1.54, 1.807) is 0 Å². The zero-order chi connectivity index (χ0) is 11.0. The van der Waals surface area contributed by atoms with Gasteiger partial charge in [0.2, 0.25) is 0 Å². The molecule has 16 heavy (non-hydrogen) atoms. The summed E-state index contributed by atoms with van der Waals surface area (Å²) in [6.07, 6.45) is 3.64. The van der Waals surface area contributed by atoms with Crippen molar-refractivity contribution in [1.29, 1.82) is 0 Å². The lowest BCUT2D eigenvalue weighted by atomic mass is 9.95. The van der Waals surface area contributed by atoms with Crippen LogP contribution in [0.25, 0.3) is 0 Å². The molecule has 86 valence electrons. The Hall–Kier alpha value is -1.02. The highest BCUT2D eigenvalue weighted by Crippen LogP contribution is 2.31. The van der Waals surface area contributed by atoms with Gasteiger partial charge in [-0.1, -0.05) is 12.1 Å². The van der Waals surface area contributed by atoms with E-state index >= 15 is 0 Å². The summed E-state index contributed by atoms with van der Waals surface area (Å²) in [7, 11) is 0. The highest BCUT2D eigenvalue weighted by Gasteiger charge is 2.19. The van der Waals surface area contributed by atoms with E-state index in [4.69, 9.17) is 4.74 Å². The molecule has 0 aliphatic carbocycles. The van der Waals surface area contributed by atoms with Crippen molar-refractivity contribution < 1.29 is 4.74 Å². The second kappa shape index (κ2) is 4.10. The Balaban J connectivity index is 1.82. The Kier molecular flexibility index (Phi) is 2.60. The molecule has 2 aliphatic rings. The number of hydrogen-bond acceptors (Lipinski definition) is 2. The van der Waals surface area contributed by atoms with Gasteiger partial charge in [-0.3, -0.25) is 0 Å². The van der Waals surface area contributed by atoms with E-state index in [2.05, 4.69) is 24.4 Å². The second-order valence-corrected chi connectivity index (χ2v) is 5.06. The molecule has 2 heterocycles. The van der Waals surface area contributed by atoms with Crippen LogP contribution in [0.2, 0.25) is 0 Å². The molecule has 0 aromatic heterocycles. The minimum Gasteiger partial charge on any atom is -0.493 e. The third-order valence-electron chi connectivity index (χ3n) is 3.72. The molecule has 1 fully saturated rings. The molecule has 0 spiro atoms. The third-order valence-corrected chi connectivity index (χ3v) is 3.72. The van der Waals surface area contributed by atoms with Crippen LogP contribution in [0.1, 0.15) is 23.1 Å². The average Bonchev–Trinajstić information content (AvgIpc) is 2.87. The van der Waals surface area contributed by atoms with Crippen LogP contribution in [0.4, 0.5) is 0 Å². The summed E-state index contributed by atoms with van der Waals surface area (Å²) >= 11 is 0. The normalized spacial score (nSPS) is 23.2. The lowest BCUT2D eigenvalue weighted by Gasteiger charge is -2.11. The van der Waals surface area contributed by atoms with Gasteiger partial charge in [0.15, 0.2) is 0 Å². The predicted octanol–water partition coefficient (Wildman–Crippen LogP) is 2.08. The average molecular weight is 217 g/mol. The van der Waals surface area contributed by atoms with Crippen LogP contribution in [-0.4, -0.2) is 19.7 Å². The first kappa shape index (κ1) is 10.2. The fraction of sp³-hybridized carbons (Fsp3) is 0.571. The molecule has 1 N–H and O–H groups in total. The van der Waals surface area contributed by atoms with Gasteiger partial charge in [0, 0.05) is 6.42 Å². The lowest BCUT2D eigenvalue weighted by molar-refractivity contribution is 0.354. The number of aryl methyl sites for hydroxylation is 1. The number of benzene rings is 1. The first-order chi connectivity index (χ1) is 7.83. The number of hydrogen-bond donors (Lipinski definition) is 1. The molecule has 0 saturated carbocycles. The molecular weight excluding hydrogens is 198 g/mol. The SMILES string of the molecule is Cc1cc(CC2CCNC2)cc2c1OCC2. The van der Waals surface area contributed by atoms with Gasteiger partial charge in [-0.15, -0.1) is 0 Å². The standard InChI is InChI=1S/C14H19NO/c1-10-6-12(7-11-2-4-15-9-11)8-13-3-5-16-14(10)13/h6,8,11,15H,2-5,7,9H2,1H3. The smallest absolute Gasteiger partial charge is 0.125 e. The van der Waals surface area contributed by atoms with Crippen molar-refractivity contribution in [1.82, 2.24) is 5.32 Å². The van der Waals surface area contributed by atoms with Crippen LogP contribution >= 0.6 is 0 Å². The zero-order valence-electron chi connectivity index (χ0n) is 9.88.